The molecule has 0 amide bonds. The summed E-state index contributed by atoms with van der Waals surface area (Å²) in [4.78, 5) is 0. The number of rotatable bonds is 2. The van der Waals surface area contributed by atoms with Gasteiger partial charge in [0, 0.05) is 5.56 Å². The molecule has 1 aliphatic carbocycles. The average Bonchev–Trinajstić information content (AvgIpc) is 2.54. The molecule has 4 nitrogen and oxygen atoms in total. The molecule has 0 saturated carbocycles. The first-order valence-corrected chi connectivity index (χ1v) is 7.54. The van der Waals surface area contributed by atoms with Crippen molar-refractivity contribution in [3.63, 3.8) is 0 Å². The molecular weight excluding hydrogens is 291 g/mol. The Hall–Kier alpha value is -2.69. The molecule has 1 atom stereocenters. The Morgan fingerprint density at radius 2 is 1.91 bits per heavy atom. The van der Waals surface area contributed by atoms with Crippen LogP contribution in [0.2, 0.25) is 0 Å². The van der Waals surface area contributed by atoms with E-state index >= 15 is 0 Å². The number of aryl methyl sites for hydroxylation is 1. The highest BCUT2D eigenvalue weighted by Gasteiger charge is 2.26. The second-order valence-electron chi connectivity index (χ2n) is 5.83. The zero-order chi connectivity index (χ0) is 16.4. The van der Waals surface area contributed by atoms with E-state index in [-0.39, 0.29) is 17.7 Å². The average molecular weight is 310 g/mol. The topological polar surface area (TPSA) is 76.8 Å². The van der Waals surface area contributed by atoms with Gasteiger partial charge in [0.05, 0.1) is 5.71 Å². The number of halogens is 1. The predicted octanol–water partition coefficient (Wildman–Crippen LogP) is 2.84. The minimum atomic E-state index is -0.216. The van der Waals surface area contributed by atoms with Gasteiger partial charge in [0.25, 0.3) is 0 Å². The molecule has 0 fully saturated rings. The molecule has 4 N–H and O–H groups in total. The molecule has 0 aromatic heterocycles. The van der Waals surface area contributed by atoms with E-state index < -0.39 is 0 Å². The van der Waals surface area contributed by atoms with Crippen LogP contribution < -0.4 is 11.5 Å². The first-order chi connectivity index (χ1) is 11.0. The standard InChI is InChI=1S/C18H19FN4/c1-11-6-7-14(19)10-16(11)13-8-12-4-2-3-5-15(12)17(9-13)22-23-18(20)21/h2-7,10,13H,8-9H2,1H3,(H4,20,21,23)/b22-17+/t13-/m1/s1. The van der Waals surface area contributed by atoms with Crippen molar-refractivity contribution >= 4 is 11.7 Å². The molecule has 118 valence electrons. The third-order valence-corrected chi connectivity index (χ3v) is 4.20. The number of nitrogens with zero attached hydrogens (tertiary/aromatic N) is 2. The van der Waals surface area contributed by atoms with Crippen molar-refractivity contribution in [2.75, 3.05) is 0 Å². The van der Waals surface area contributed by atoms with Crippen LogP contribution >= 0.6 is 0 Å². The van der Waals surface area contributed by atoms with E-state index in [9.17, 15) is 4.39 Å². The summed E-state index contributed by atoms with van der Waals surface area (Å²) in [6, 6.07) is 13.0. The molecule has 0 radical (unpaired) electrons. The Morgan fingerprint density at radius 1 is 1.13 bits per heavy atom. The van der Waals surface area contributed by atoms with E-state index in [0.29, 0.717) is 6.42 Å². The maximum absolute atomic E-state index is 13.7. The second-order valence-corrected chi connectivity index (χ2v) is 5.83. The fourth-order valence-corrected chi connectivity index (χ4v) is 3.14. The Kier molecular flexibility index (Phi) is 4.10. The summed E-state index contributed by atoms with van der Waals surface area (Å²) in [6.45, 7) is 2.00. The third kappa shape index (κ3) is 3.23. The molecule has 23 heavy (non-hydrogen) atoms. The fraction of sp³-hybridized carbons (Fsp3) is 0.222. The van der Waals surface area contributed by atoms with Crippen molar-refractivity contribution in [3.8, 4) is 0 Å². The Balaban J connectivity index is 2.05. The van der Waals surface area contributed by atoms with Crippen LogP contribution in [0, 0.1) is 12.7 Å². The van der Waals surface area contributed by atoms with Gasteiger partial charge >= 0.3 is 0 Å². The lowest BCUT2D eigenvalue weighted by Gasteiger charge is -2.27. The maximum Gasteiger partial charge on any atom is 0.211 e. The van der Waals surface area contributed by atoms with E-state index in [2.05, 4.69) is 16.3 Å². The van der Waals surface area contributed by atoms with Gasteiger partial charge < -0.3 is 11.5 Å². The zero-order valence-corrected chi connectivity index (χ0v) is 13.0. The summed E-state index contributed by atoms with van der Waals surface area (Å²) in [5.74, 6) is -0.125. The Morgan fingerprint density at radius 3 is 2.70 bits per heavy atom. The lowest BCUT2D eigenvalue weighted by molar-refractivity contribution is 0.615. The zero-order valence-electron chi connectivity index (χ0n) is 13.0. The summed E-state index contributed by atoms with van der Waals surface area (Å²) >= 11 is 0. The molecule has 2 aromatic carbocycles. The number of fused-ring (bicyclic) bond motifs is 1. The molecule has 2 aromatic rings. The molecule has 5 heteroatoms. The summed E-state index contributed by atoms with van der Waals surface area (Å²) in [7, 11) is 0. The lowest BCUT2D eigenvalue weighted by atomic mass is 9.78. The summed E-state index contributed by atoms with van der Waals surface area (Å²) < 4.78 is 13.7. The van der Waals surface area contributed by atoms with Gasteiger partial charge in [-0.3, -0.25) is 0 Å². The lowest BCUT2D eigenvalue weighted by Crippen LogP contribution is -2.23. The first kappa shape index (κ1) is 15.2. The van der Waals surface area contributed by atoms with Gasteiger partial charge in [-0.15, -0.1) is 5.10 Å². The molecule has 0 heterocycles. The summed E-state index contributed by atoms with van der Waals surface area (Å²) in [5, 5.41) is 8.01. The van der Waals surface area contributed by atoms with E-state index in [0.717, 1.165) is 28.8 Å². The molecule has 1 aliphatic rings. The molecule has 0 unspecified atom stereocenters. The highest BCUT2D eigenvalue weighted by Crippen LogP contribution is 2.34. The van der Waals surface area contributed by atoms with Crippen LogP contribution in [0.4, 0.5) is 4.39 Å². The highest BCUT2D eigenvalue weighted by molar-refractivity contribution is 6.03. The van der Waals surface area contributed by atoms with Gasteiger partial charge in [-0.2, -0.15) is 5.10 Å². The predicted molar refractivity (Wildman–Crippen MR) is 91.0 cm³/mol. The summed E-state index contributed by atoms with van der Waals surface area (Å²) in [5.41, 5.74) is 15.9. The minimum Gasteiger partial charge on any atom is -0.369 e. The van der Waals surface area contributed by atoms with Gasteiger partial charge in [0.15, 0.2) is 0 Å². The van der Waals surface area contributed by atoms with Crippen molar-refractivity contribution in [1.29, 1.82) is 0 Å². The van der Waals surface area contributed by atoms with Crippen LogP contribution in [0.15, 0.2) is 52.7 Å². The highest BCUT2D eigenvalue weighted by atomic mass is 19.1. The van der Waals surface area contributed by atoms with Crippen LogP contribution in [0.5, 0.6) is 0 Å². The quantitative estimate of drug-likeness (QED) is 0.508. The largest absolute Gasteiger partial charge is 0.369 e. The van der Waals surface area contributed by atoms with Crippen molar-refractivity contribution < 1.29 is 4.39 Å². The van der Waals surface area contributed by atoms with E-state index in [4.69, 9.17) is 11.5 Å². The van der Waals surface area contributed by atoms with Crippen LogP contribution in [0.3, 0.4) is 0 Å². The van der Waals surface area contributed by atoms with Crippen molar-refractivity contribution in [2.24, 2.45) is 21.7 Å². The molecular formula is C18H19FN4. The monoisotopic (exact) mass is 310 g/mol. The van der Waals surface area contributed by atoms with Crippen LogP contribution in [0.25, 0.3) is 0 Å². The van der Waals surface area contributed by atoms with E-state index in [1.165, 1.54) is 11.6 Å². The van der Waals surface area contributed by atoms with E-state index in [1.807, 2.05) is 31.2 Å². The number of nitrogens with two attached hydrogens (primary N) is 2. The normalized spacial score (nSPS) is 18.5. The van der Waals surface area contributed by atoms with Crippen LogP contribution in [-0.4, -0.2) is 11.7 Å². The second kappa shape index (κ2) is 6.20. The van der Waals surface area contributed by atoms with Gasteiger partial charge in [-0.1, -0.05) is 30.3 Å². The van der Waals surface area contributed by atoms with Crippen molar-refractivity contribution in [2.45, 2.75) is 25.7 Å². The third-order valence-electron chi connectivity index (χ3n) is 4.20. The van der Waals surface area contributed by atoms with Gasteiger partial charge in [0.1, 0.15) is 5.82 Å². The molecule has 0 aliphatic heterocycles. The number of hydrogen-bond donors (Lipinski definition) is 2. The van der Waals surface area contributed by atoms with Crippen molar-refractivity contribution in [3.05, 3.63) is 70.5 Å². The molecule has 0 spiro atoms. The van der Waals surface area contributed by atoms with Crippen LogP contribution in [0.1, 0.15) is 34.6 Å². The molecule has 3 rings (SSSR count). The molecule has 0 saturated heterocycles. The SMILES string of the molecule is Cc1ccc(F)cc1[C@H]1C/C(=N\N=C(N)N)c2ccccc2C1. The maximum atomic E-state index is 13.7. The fourth-order valence-electron chi connectivity index (χ4n) is 3.14. The Labute approximate surface area is 134 Å². The van der Waals surface area contributed by atoms with E-state index in [1.54, 1.807) is 6.07 Å². The number of guanidine groups is 1. The van der Waals surface area contributed by atoms with Crippen LogP contribution in [-0.2, 0) is 6.42 Å². The minimum absolute atomic E-state index is 0.0703. The number of benzene rings is 2. The van der Waals surface area contributed by atoms with Crippen molar-refractivity contribution in [1.82, 2.24) is 0 Å². The van der Waals surface area contributed by atoms with Gasteiger partial charge in [-0.05, 0) is 54.5 Å². The smallest absolute Gasteiger partial charge is 0.211 e. The first-order valence-electron chi connectivity index (χ1n) is 7.54. The van der Waals surface area contributed by atoms with Gasteiger partial charge in [-0.25, -0.2) is 4.39 Å². The van der Waals surface area contributed by atoms with Gasteiger partial charge in [0.2, 0.25) is 5.96 Å². The molecule has 0 bridgehead atoms. The number of hydrogen-bond acceptors (Lipinski definition) is 2. The summed E-state index contributed by atoms with van der Waals surface area (Å²) in [6.07, 6.45) is 1.53. The Bertz CT molecular complexity index is 791.